The third-order valence-electron chi connectivity index (χ3n) is 2.71. The van der Waals surface area contributed by atoms with Gasteiger partial charge in [0.05, 0.1) is 4.99 Å². The first kappa shape index (κ1) is 14.6. The number of rotatable bonds is 5. The molecule has 1 amide bonds. The van der Waals surface area contributed by atoms with Gasteiger partial charge in [0.2, 0.25) is 0 Å². The van der Waals surface area contributed by atoms with Gasteiger partial charge in [-0.1, -0.05) is 19.1 Å². The van der Waals surface area contributed by atoms with Crippen molar-refractivity contribution >= 4 is 23.1 Å². The summed E-state index contributed by atoms with van der Waals surface area (Å²) in [7, 11) is 0. The second-order valence-electron chi connectivity index (χ2n) is 4.21. The van der Waals surface area contributed by atoms with Gasteiger partial charge < -0.3 is 11.1 Å². The summed E-state index contributed by atoms with van der Waals surface area (Å²) in [6.45, 7) is 3.65. The van der Waals surface area contributed by atoms with Crippen LogP contribution in [0.3, 0.4) is 0 Å². The molecule has 1 rings (SSSR count). The Morgan fingerprint density at radius 2 is 2.22 bits per heavy atom. The molecular formula is C13H17FN2OS. The van der Waals surface area contributed by atoms with Gasteiger partial charge in [0.15, 0.2) is 0 Å². The fourth-order valence-electron chi connectivity index (χ4n) is 1.69. The van der Waals surface area contributed by atoms with Crippen molar-refractivity contribution in [3.8, 4) is 0 Å². The zero-order chi connectivity index (χ0) is 13.7. The standard InChI is InChI=1S/C13H17FN2OS/c1-3-10(7-12(15)18)16-13(17)11-5-4-9(14)6-8(11)2/h4-6,10H,3,7H2,1-2H3,(H2,15,18)(H,16,17). The molecule has 0 spiro atoms. The first-order chi connectivity index (χ1) is 8.43. The summed E-state index contributed by atoms with van der Waals surface area (Å²) in [5.74, 6) is -0.574. The van der Waals surface area contributed by atoms with Crippen molar-refractivity contribution in [1.29, 1.82) is 0 Å². The number of aryl methyl sites for hydroxylation is 1. The number of thiocarbonyl (C=S) groups is 1. The van der Waals surface area contributed by atoms with E-state index >= 15 is 0 Å². The lowest BCUT2D eigenvalue weighted by Crippen LogP contribution is -2.37. The lowest BCUT2D eigenvalue weighted by atomic mass is 10.1. The third kappa shape index (κ3) is 4.07. The molecule has 0 radical (unpaired) electrons. The van der Waals surface area contributed by atoms with Gasteiger partial charge in [-0.2, -0.15) is 0 Å². The van der Waals surface area contributed by atoms with E-state index in [1.165, 1.54) is 18.2 Å². The highest BCUT2D eigenvalue weighted by atomic mass is 32.1. The normalized spacial score (nSPS) is 11.9. The Morgan fingerprint density at radius 1 is 1.56 bits per heavy atom. The first-order valence-electron chi connectivity index (χ1n) is 5.79. The van der Waals surface area contributed by atoms with E-state index in [0.717, 1.165) is 6.42 Å². The second kappa shape index (κ2) is 6.44. The number of nitrogens with two attached hydrogens (primary N) is 1. The average molecular weight is 268 g/mol. The van der Waals surface area contributed by atoms with Crippen LogP contribution in [0.15, 0.2) is 18.2 Å². The fraction of sp³-hybridized carbons (Fsp3) is 0.385. The van der Waals surface area contributed by atoms with E-state index in [0.29, 0.717) is 22.5 Å². The Morgan fingerprint density at radius 3 is 2.72 bits per heavy atom. The van der Waals surface area contributed by atoms with Crippen LogP contribution in [0.4, 0.5) is 4.39 Å². The zero-order valence-electron chi connectivity index (χ0n) is 10.5. The minimum Gasteiger partial charge on any atom is -0.393 e. The SMILES string of the molecule is CCC(CC(N)=S)NC(=O)c1ccc(F)cc1C. The van der Waals surface area contributed by atoms with Crippen molar-refractivity contribution in [3.63, 3.8) is 0 Å². The smallest absolute Gasteiger partial charge is 0.251 e. The predicted octanol–water partition coefficient (Wildman–Crippen LogP) is 2.32. The van der Waals surface area contributed by atoms with Crippen molar-refractivity contribution in [1.82, 2.24) is 5.32 Å². The average Bonchev–Trinajstić information content (AvgIpc) is 2.27. The fourth-order valence-corrected chi connectivity index (χ4v) is 1.89. The Balaban J connectivity index is 2.77. The van der Waals surface area contributed by atoms with Crippen LogP contribution in [0.2, 0.25) is 0 Å². The molecule has 0 saturated carbocycles. The minimum atomic E-state index is -0.348. The summed E-state index contributed by atoms with van der Waals surface area (Å²) >= 11 is 4.83. The molecule has 1 atom stereocenters. The molecular weight excluding hydrogens is 251 g/mol. The molecule has 3 N–H and O–H groups in total. The van der Waals surface area contributed by atoms with Gasteiger partial charge in [-0.25, -0.2) is 4.39 Å². The van der Waals surface area contributed by atoms with Crippen molar-refractivity contribution in [2.24, 2.45) is 5.73 Å². The molecule has 0 saturated heterocycles. The third-order valence-corrected chi connectivity index (χ3v) is 2.88. The van der Waals surface area contributed by atoms with Gasteiger partial charge in [-0.15, -0.1) is 0 Å². The van der Waals surface area contributed by atoms with Crippen LogP contribution < -0.4 is 11.1 Å². The molecule has 0 aromatic heterocycles. The van der Waals surface area contributed by atoms with Crippen LogP contribution in [-0.4, -0.2) is 16.9 Å². The number of carbonyl (C=O) groups is 1. The molecule has 5 heteroatoms. The van der Waals surface area contributed by atoms with E-state index in [9.17, 15) is 9.18 Å². The maximum Gasteiger partial charge on any atom is 0.251 e. The van der Waals surface area contributed by atoms with Crippen molar-refractivity contribution < 1.29 is 9.18 Å². The van der Waals surface area contributed by atoms with Gasteiger partial charge in [0.25, 0.3) is 5.91 Å². The van der Waals surface area contributed by atoms with Crippen LogP contribution in [0.1, 0.15) is 35.7 Å². The zero-order valence-corrected chi connectivity index (χ0v) is 11.3. The first-order valence-corrected chi connectivity index (χ1v) is 6.20. The molecule has 0 fully saturated rings. The van der Waals surface area contributed by atoms with Gasteiger partial charge >= 0.3 is 0 Å². The highest BCUT2D eigenvalue weighted by Crippen LogP contribution is 2.11. The van der Waals surface area contributed by atoms with E-state index in [4.69, 9.17) is 18.0 Å². The molecule has 3 nitrogen and oxygen atoms in total. The molecule has 0 aliphatic heterocycles. The Labute approximate surface area is 112 Å². The molecule has 0 aliphatic rings. The lowest BCUT2D eigenvalue weighted by molar-refractivity contribution is 0.0936. The molecule has 1 unspecified atom stereocenters. The Hall–Kier alpha value is -1.49. The molecule has 1 aromatic carbocycles. The number of amides is 1. The topological polar surface area (TPSA) is 55.1 Å². The maximum atomic E-state index is 12.9. The summed E-state index contributed by atoms with van der Waals surface area (Å²) in [6, 6.07) is 4.01. The van der Waals surface area contributed by atoms with Crippen LogP contribution >= 0.6 is 12.2 Å². The lowest BCUT2D eigenvalue weighted by Gasteiger charge is -2.17. The van der Waals surface area contributed by atoms with Crippen LogP contribution in [0, 0.1) is 12.7 Å². The van der Waals surface area contributed by atoms with Crippen LogP contribution in [0.25, 0.3) is 0 Å². The summed E-state index contributed by atoms with van der Waals surface area (Å²) < 4.78 is 12.9. The maximum absolute atomic E-state index is 12.9. The van der Waals surface area contributed by atoms with Crippen molar-refractivity contribution in [2.45, 2.75) is 32.7 Å². The van der Waals surface area contributed by atoms with E-state index in [-0.39, 0.29) is 17.8 Å². The second-order valence-corrected chi connectivity index (χ2v) is 4.73. The number of nitrogens with one attached hydrogen (secondary N) is 1. The van der Waals surface area contributed by atoms with Gasteiger partial charge in [-0.05, 0) is 37.1 Å². The summed E-state index contributed by atoms with van der Waals surface area (Å²) in [5.41, 5.74) is 6.54. The molecule has 18 heavy (non-hydrogen) atoms. The Bertz CT molecular complexity index is 462. The highest BCUT2D eigenvalue weighted by Gasteiger charge is 2.14. The Kier molecular flexibility index (Phi) is 5.22. The molecule has 0 aliphatic carbocycles. The van der Waals surface area contributed by atoms with Gasteiger partial charge in [0.1, 0.15) is 5.82 Å². The van der Waals surface area contributed by atoms with E-state index in [1.807, 2.05) is 6.92 Å². The molecule has 1 aromatic rings. The van der Waals surface area contributed by atoms with Gasteiger partial charge in [0, 0.05) is 18.0 Å². The number of benzene rings is 1. The predicted molar refractivity (Wildman–Crippen MR) is 74.1 cm³/mol. The number of carbonyl (C=O) groups excluding carboxylic acids is 1. The highest BCUT2D eigenvalue weighted by molar-refractivity contribution is 7.80. The monoisotopic (exact) mass is 268 g/mol. The molecule has 0 heterocycles. The van der Waals surface area contributed by atoms with E-state index < -0.39 is 0 Å². The van der Waals surface area contributed by atoms with Crippen molar-refractivity contribution in [2.75, 3.05) is 0 Å². The largest absolute Gasteiger partial charge is 0.393 e. The van der Waals surface area contributed by atoms with E-state index in [1.54, 1.807) is 6.92 Å². The van der Waals surface area contributed by atoms with Crippen LogP contribution in [0.5, 0.6) is 0 Å². The summed E-state index contributed by atoms with van der Waals surface area (Å²) in [5, 5.41) is 2.85. The number of hydrogen-bond donors (Lipinski definition) is 2. The molecule has 98 valence electrons. The van der Waals surface area contributed by atoms with E-state index in [2.05, 4.69) is 5.32 Å². The van der Waals surface area contributed by atoms with Crippen molar-refractivity contribution in [3.05, 3.63) is 35.1 Å². The molecule has 0 bridgehead atoms. The number of halogens is 1. The minimum absolute atomic E-state index is 0.0838. The number of hydrogen-bond acceptors (Lipinski definition) is 2. The van der Waals surface area contributed by atoms with Crippen LogP contribution in [-0.2, 0) is 0 Å². The summed E-state index contributed by atoms with van der Waals surface area (Å²) in [6.07, 6.45) is 1.21. The quantitative estimate of drug-likeness (QED) is 0.806. The van der Waals surface area contributed by atoms with Gasteiger partial charge in [-0.3, -0.25) is 4.79 Å². The summed E-state index contributed by atoms with van der Waals surface area (Å²) in [4.78, 5) is 12.4.